The van der Waals surface area contributed by atoms with Gasteiger partial charge in [-0.3, -0.25) is 9.59 Å². The minimum Gasteiger partial charge on any atom is -0.497 e. The lowest BCUT2D eigenvalue weighted by Gasteiger charge is -2.12. The van der Waals surface area contributed by atoms with E-state index in [0.717, 1.165) is 0 Å². The molecule has 0 aliphatic heterocycles. The third-order valence-electron chi connectivity index (χ3n) is 2.71. The monoisotopic (exact) mass is 294 g/mol. The summed E-state index contributed by atoms with van der Waals surface area (Å²) in [6, 6.07) is 5.06. The summed E-state index contributed by atoms with van der Waals surface area (Å²) in [5, 5.41) is 5.34. The lowest BCUT2D eigenvalue weighted by molar-refractivity contribution is -0.126. The highest BCUT2D eigenvalue weighted by Crippen LogP contribution is 2.28. The standard InChI is InChI=1S/C15H22N2O4/c1-10(2)9-16-14(18)8-15(19)17-12-7-11(20-3)5-6-13(12)21-4/h5-7,10H,8-9H2,1-4H3,(H,16,18)(H,17,19). The Labute approximate surface area is 124 Å². The normalized spacial score (nSPS) is 10.1. The molecule has 6 nitrogen and oxygen atoms in total. The number of benzene rings is 1. The van der Waals surface area contributed by atoms with Gasteiger partial charge in [0.25, 0.3) is 0 Å². The van der Waals surface area contributed by atoms with Crippen molar-refractivity contribution in [2.75, 3.05) is 26.1 Å². The average Bonchev–Trinajstić information content (AvgIpc) is 2.44. The van der Waals surface area contributed by atoms with Crippen LogP contribution in [0.15, 0.2) is 18.2 Å². The first-order valence-corrected chi connectivity index (χ1v) is 6.74. The SMILES string of the molecule is COc1ccc(OC)c(NC(=O)CC(=O)NCC(C)C)c1. The van der Waals surface area contributed by atoms with Crippen LogP contribution in [0.3, 0.4) is 0 Å². The van der Waals surface area contributed by atoms with Gasteiger partial charge in [0.15, 0.2) is 0 Å². The summed E-state index contributed by atoms with van der Waals surface area (Å²) in [4.78, 5) is 23.5. The average molecular weight is 294 g/mol. The molecule has 0 spiro atoms. The number of carbonyl (C=O) groups is 2. The largest absolute Gasteiger partial charge is 0.497 e. The van der Waals surface area contributed by atoms with Crippen LogP contribution in [0.2, 0.25) is 0 Å². The second-order valence-corrected chi connectivity index (χ2v) is 4.99. The fourth-order valence-corrected chi connectivity index (χ4v) is 1.63. The van der Waals surface area contributed by atoms with Gasteiger partial charge in [0.2, 0.25) is 11.8 Å². The molecule has 1 aromatic carbocycles. The molecule has 0 atom stereocenters. The fraction of sp³-hybridized carbons (Fsp3) is 0.467. The fourth-order valence-electron chi connectivity index (χ4n) is 1.63. The Balaban J connectivity index is 2.63. The highest BCUT2D eigenvalue weighted by atomic mass is 16.5. The second kappa shape index (κ2) is 8.14. The highest BCUT2D eigenvalue weighted by Gasteiger charge is 2.13. The molecule has 0 radical (unpaired) electrons. The Morgan fingerprint density at radius 1 is 1.14 bits per heavy atom. The summed E-state index contributed by atoms with van der Waals surface area (Å²) in [5.74, 6) is 0.739. The van der Waals surface area contributed by atoms with Crippen molar-refractivity contribution in [1.82, 2.24) is 5.32 Å². The molecule has 21 heavy (non-hydrogen) atoms. The number of methoxy groups -OCH3 is 2. The molecule has 0 aliphatic rings. The Bertz CT molecular complexity index is 500. The lowest BCUT2D eigenvalue weighted by atomic mass is 10.2. The zero-order valence-electron chi connectivity index (χ0n) is 12.9. The van der Waals surface area contributed by atoms with Crippen LogP contribution in [0.5, 0.6) is 11.5 Å². The zero-order valence-corrected chi connectivity index (χ0v) is 12.9. The second-order valence-electron chi connectivity index (χ2n) is 4.99. The van der Waals surface area contributed by atoms with Gasteiger partial charge in [0.05, 0.1) is 19.9 Å². The van der Waals surface area contributed by atoms with Gasteiger partial charge in [-0.1, -0.05) is 13.8 Å². The molecule has 0 saturated carbocycles. The maximum absolute atomic E-state index is 11.9. The lowest BCUT2D eigenvalue weighted by Crippen LogP contribution is -2.30. The summed E-state index contributed by atoms with van der Waals surface area (Å²) >= 11 is 0. The van der Waals surface area contributed by atoms with Crippen molar-refractivity contribution in [2.24, 2.45) is 5.92 Å². The maximum Gasteiger partial charge on any atom is 0.233 e. The van der Waals surface area contributed by atoms with Gasteiger partial charge < -0.3 is 20.1 Å². The molecule has 0 aliphatic carbocycles. The topological polar surface area (TPSA) is 76.7 Å². The van der Waals surface area contributed by atoms with Crippen molar-refractivity contribution >= 4 is 17.5 Å². The van der Waals surface area contributed by atoms with Crippen molar-refractivity contribution in [1.29, 1.82) is 0 Å². The Kier molecular flexibility index (Phi) is 6.52. The smallest absolute Gasteiger partial charge is 0.233 e. The van der Waals surface area contributed by atoms with E-state index in [0.29, 0.717) is 29.6 Å². The van der Waals surface area contributed by atoms with E-state index in [9.17, 15) is 9.59 Å². The van der Waals surface area contributed by atoms with Gasteiger partial charge in [0, 0.05) is 12.6 Å². The first-order chi connectivity index (χ1) is 9.96. The molecule has 0 bridgehead atoms. The summed E-state index contributed by atoms with van der Waals surface area (Å²) < 4.78 is 10.3. The maximum atomic E-state index is 11.9. The molecule has 1 aromatic rings. The van der Waals surface area contributed by atoms with Crippen LogP contribution in [-0.4, -0.2) is 32.6 Å². The van der Waals surface area contributed by atoms with E-state index in [2.05, 4.69) is 10.6 Å². The number of nitrogens with one attached hydrogen (secondary N) is 2. The molecule has 6 heteroatoms. The van der Waals surface area contributed by atoms with Crippen LogP contribution >= 0.6 is 0 Å². The van der Waals surface area contributed by atoms with E-state index >= 15 is 0 Å². The minimum absolute atomic E-state index is 0.229. The number of amides is 2. The zero-order chi connectivity index (χ0) is 15.8. The summed E-state index contributed by atoms with van der Waals surface area (Å²) in [6.45, 7) is 4.53. The molecule has 116 valence electrons. The number of anilines is 1. The van der Waals surface area contributed by atoms with Crippen molar-refractivity contribution in [2.45, 2.75) is 20.3 Å². The summed E-state index contributed by atoms with van der Waals surface area (Å²) in [5.41, 5.74) is 0.471. The summed E-state index contributed by atoms with van der Waals surface area (Å²) in [7, 11) is 3.04. The minimum atomic E-state index is -0.400. The Morgan fingerprint density at radius 2 is 1.86 bits per heavy atom. The van der Waals surface area contributed by atoms with E-state index in [1.54, 1.807) is 18.2 Å². The molecular weight excluding hydrogens is 272 g/mol. The molecule has 2 N–H and O–H groups in total. The molecule has 2 amide bonds. The van der Waals surface area contributed by atoms with Crippen LogP contribution < -0.4 is 20.1 Å². The predicted octanol–water partition coefficient (Wildman–Crippen LogP) is 1.80. The number of rotatable bonds is 7. The van der Waals surface area contributed by atoms with E-state index in [1.165, 1.54) is 14.2 Å². The van der Waals surface area contributed by atoms with Gasteiger partial charge in [-0.15, -0.1) is 0 Å². The molecule has 0 aromatic heterocycles. The van der Waals surface area contributed by atoms with Crippen LogP contribution in [-0.2, 0) is 9.59 Å². The molecule has 0 unspecified atom stereocenters. The first-order valence-electron chi connectivity index (χ1n) is 6.74. The predicted molar refractivity (Wildman–Crippen MR) is 80.6 cm³/mol. The van der Waals surface area contributed by atoms with Crippen LogP contribution in [0.1, 0.15) is 20.3 Å². The number of ether oxygens (including phenoxy) is 2. The van der Waals surface area contributed by atoms with E-state index in [1.807, 2.05) is 13.8 Å². The van der Waals surface area contributed by atoms with E-state index in [-0.39, 0.29) is 12.3 Å². The van der Waals surface area contributed by atoms with Crippen LogP contribution in [0.25, 0.3) is 0 Å². The number of hydrogen-bond acceptors (Lipinski definition) is 4. The molecule has 0 saturated heterocycles. The van der Waals surface area contributed by atoms with Crippen molar-refractivity contribution < 1.29 is 19.1 Å². The number of carbonyl (C=O) groups excluding carboxylic acids is 2. The highest BCUT2D eigenvalue weighted by molar-refractivity contribution is 6.04. The van der Waals surface area contributed by atoms with Crippen molar-refractivity contribution in [3.63, 3.8) is 0 Å². The molecular formula is C15H22N2O4. The van der Waals surface area contributed by atoms with Crippen molar-refractivity contribution in [3.8, 4) is 11.5 Å². The van der Waals surface area contributed by atoms with Gasteiger partial charge in [0.1, 0.15) is 17.9 Å². The molecule has 0 fully saturated rings. The molecule has 1 rings (SSSR count). The van der Waals surface area contributed by atoms with Gasteiger partial charge in [-0.05, 0) is 18.1 Å². The van der Waals surface area contributed by atoms with Crippen LogP contribution in [0, 0.1) is 5.92 Å². The third-order valence-corrected chi connectivity index (χ3v) is 2.71. The van der Waals surface area contributed by atoms with Gasteiger partial charge >= 0.3 is 0 Å². The van der Waals surface area contributed by atoms with E-state index < -0.39 is 5.91 Å². The first kappa shape index (κ1) is 16.8. The van der Waals surface area contributed by atoms with Gasteiger partial charge in [-0.2, -0.15) is 0 Å². The molecule has 0 heterocycles. The van der Waals surface area contributed by atoms with Gasteiger partial charge in [-0.25, -0.2) is 0 Å². The quantitative estimate of drug-likeness (QED) is 0.752. The number of hydrogen-bond donors (Lipinski definition) is 2. The van der Waals surface area contributed by atoms with Crippen LogP contribution in [0.4, 0.5) is 5.69 Å². The Hall–Kier alpha value is -2.24. The summed E-state index contributed by atoms with van der Waals surface area (Å²) in [6.07, 6.45) is -0.229. The van der Waals surface area contributed by atoms with E-state index in [4.69, 9.17) is 9.47 Å². The third kappa shape index (κ3) is 5.72. The Morgan fingerprint density at radius 3 is 2.43 bits per heavy atom. The van der Waals surface area contributed by atoms with Crippen molar-refractivity contribution in [3.05, 3.63) is 18.2 Å².